The summed E-state index contributed by atoms with van der Waals surface area (Å²) >= 11 is 1.82. The molecule has 1 saturated carbocycles. The lowest BCUT2D eigenvalue weighted by atomic mass is 10.0. The van der Waals surface area contributed by atoms with Crippen molar-refractivity contribution in [1.82, 2.24) is 5.32 Å². The molecule has 1 heterocycles. The van der Waals surface area contributed by atoms with Crippen LogP contribution in [0.25, 0.3) is 0 Å². The Morgan fingerprint density at radius 2 is 2.33 bits per heavy atom. The van der Waals surface area contributed by atoms with Crippen LogP contribution in [0.2, 0.25) is 0 Å². The Kier molecular flexibility index (Phi) is 2.86. The van der Waals surface area contributed by atoms with E-state index in [2.05, 4.69) is 42.6 Å². The van der Waals surface area contributed by atoms with Crippen LogP contribution in [-0.4, -0.2) is 5.54 Å². The summed E-state index contributed by atoms with van der Waals surface area (Å²) in [7, 11) is 0. The first-order valence-corrected chi connectivity index (χ1v) is 6.29. The zero-order valence-electron chi connectivity index (χ0n) is 9.29. The summed E-state index contributed by atoms with van der Waals surface area (Å²) in [6, 6.07) is 4.77. The topological polar surface area (TPSA) is 12.0 Å². The first-order chi connectivity index (χ1) is 7.12. The second kappa shape index (κ2) is 4.00. The van der Waals surface area contributed by atoms with E-state index in [1.807, 2.05) is 11.3 Å². The smallest absolute Gasteiger partial charge is 0.0746 e. The maximum Gasteiger partial charge on any atom is 0.0746 e. The van der Waals surface area contributed by atoms with Gasteiger partial charge in [0.15, 0.2) is 0 Å². The Hall–Kier alpha value is -0.780. The number of nitrogens with one attached hydrogen (secondary N) is 1. The van der Waals surface area contributed by atoms with Crippen molar-refractivity contribution in [1.29, 1.82) is 0 Å². The molecule has 1 aromatic rings. The van der Waals surface area contributed by atoms with Crippen molar-refractivity contribution in [3.8, 4) is 12.3 Å². The SMILES string of the molecule is C#CC(C)(C)NC(c1cccs1)C1CC1. The fraction of sp³-hybridized carbons (Fsp3) is 0.538. The molecule has 0 radical (unpaired) electrons. The van der Waals surface area contributed by atoms with E-state index in [4.69, 9.17) is 6.42 Å². The van der Waals surface area contributed by atoms with E-state index < -0.39 is 0 Å². The minimum Gasteiger partial charge on any atom is -0.294 e. The predicted octanol–water partition coefficient (Wildman–Crippen LogP) is 3.20. The average Bonchev–Trinajstić information content (AvgIpc) is 2.90. The highest BCUT2D eigenvalue weighted by atomic mass is 32.1. The zero-order chi connectivity index (χ0) is 10.9. The van der Waals surface area contributed by atoms with Crippen LogP contribution in [0.4, 0.5) is 0 Å². The van der Waals surface area contributed by atoms with Crippen molar-refractivity contribution in [2.75, 3.05) is 0 Å². The van der Waals surface area contributed by atoms with Gasteiger partial charge in [-0.05, 0) is 44.1 Å². The van der Waals surface area contributed by atoms with Gasteiger partial charge in [-0.3, -0.25) is 5.32 Å². The molecule has 1 aliphatic carbocycles. The lowest BCUT2D eigenvalue weighted by Crippen LogP contribution is -2.40. The molecule has 0 spiro atoms. The van der Waals surface area contributed by atoms with Crippen LogP contribution in [0.5, 0.6) is 0 Å². The number of thiophene rings is 1. The second-order valence-electron chi connectivity index (χ2n) is 4.74. The molecular weight excluding hydrogens is 202 g/mol. The molecule has 0 aliphatic heterocycles. The van der Waals surface area contributed by atoms with Gasteiger partial charge < -0.3 is 0 Å². The molecule has 15 heavy (non-hydrogen) atoms. The maximum absolute atomic E-state index is 5.52. The van der Waals surface area contributed by atoms with Crippen molar-refractivity contribution in [2.24, 2.45) is 5.92 Å². The van der Waals surface area contributed by atoms with E-state index in [-0.39, 0.29) is 5.54 Å². The first kappa shape index (κ1) is 10.7. The summed E-state index contributed by atoms with van der Waals surface area (Å²) in [5, 5.41) is 5.72. The Balaban J connectivity index is 2.12. The van der Waals surface area contributed by atoms with Crippen molar-refractivity contribution in [3.05, 3.63) is 22.4 Å². The summed E-state index contributed by atoms with van der Waals surface area (Å²) in [6.07, 6.45) is 8.18. The lowest BCUT2D eigenvalue weighted by Gasteiger charge is -2.27. The summed E-state index contributed by atoms with van der Waals surface area (Å²) in [6.45, 7) is 4.13. The van der Waals surface area contributed by atoms with Gasteiger partial charge in [-0.1, -0.05) is 12.0 Å². The second-order valence-corrected chi connectivity index (χ2v) is 5.72. The number of rotatable bonds is 4. The molecule has 0 saturated heterocycles. The number of hydrogen-bond acceptors (Lipinski definition) is 2. The highest BCUT2D eigenvalue weighted by Crippen LogP contribution is 2.43. The van der Waals surface area contributed by atoms with E-state index in [0.717, 1.165) is 5.92 Å². The van der Waals surface area contributed by atoms with Crippen LogP contribution in [0, 0.1) is 18.3 Å². The molecular formula is C13H17NS. The fourth-order valence-corrected chi connectivity index (χ4v) is 2.62. The number of terminal acetylenes is 1. The zero-order valence-corrected chi connectivity index (χ0v) is 10.1. The highest BCUT2D eigenvalue weighted by Gasteiger charge is 2.35. The van der Waals surface area contributed by atoms with Crippen LogP contribution in [0.15, 0.2) is 17.5 Å². The molecule has 1 fully saturated rings. The molecule has 1 N–H and O–H groups in total. The molecule has 1 nitrogen and oxygen atoms in total. The molecule has 0 aromatic carbocycles. The molecule has 1 aliphatic rings. The van der Waals surface area contributed by atoms with Gasteiger partial charge in [0.2, 0.25) is 0 Å². The molecule has 1 aromatic heterocycles. The van der Waals surface area contributed by atoms with Gasteiger partial charge in [0.25, 0.3) is 0 Å². The molecule has 0 bridgehead atoms. The minimum atomic E-state index is -0.211. The van der Waals surface area contributed by atoms with Gasteiger partial charge in [0.1, 0.15) is 0 Å². The maximum atomic E-state index is 5.52. The van der Waals surface area contributed by atoms with Crippen LogP contribution >= 0.6 is 11.3 Å². The van der Waals surface area contributed by atoms with Gasteiger partial charge in [0, 0.05) is 10.9 Å². The Morgan fingerprint density at radius 3 is 2.80 bits per heavy atom. The van der Waals surface area contributed by atoms with Crippen LogP contribution in [-0.2, 0) is 0 Å². The van der Waals surface area contributed by atoms with E-state index in [1.54, 1.807) is 0 Å². The van der Waals surface area contributed by atoms with Gasteiger partial charge in [-0.25, -0.2) is 0 Å². The third-order valence-corrected chi connectivity index (χ3v) is 3.78. The van der Waals surface area contributed by atoms with Gasteiger partial charge >= 0.3 is 0 Å². The molecule has 1 atom stereocenters. The van der Waals surface area contributed by atoms with E-state index >= 15 is 0 Å². The Morgan fingerprint density at radius 1 is 1.60 bits per heavy atom. The Bertz CT molecular complexity index is 354. The molecule has 0 amide bonds. The van der Waals surface area contributed by atoms with Crippen molar-refractivity contribution in [3.63, 3.8) is 0 Å². The highest BCUT2D eigenvalue weighted by molar-refractivity contribution is 7.10. The summed E-state index contributed by atoms with van der Waals surface area (Å²) < 4.78 is 0. The summed E-state index contributed by atoms with van der Waals surface area (Å²) in [5.41, 5.74) is -0.211. The van der Waals surface area contributed by atoms with E-state index in [1.165, 1.54) is 17.7 Å². The van der Waals surface area contributed by atoms with Crippen LogP contribution < -0.4 is 5.32 Å². The largest absolute Gasteiger partial charge is 0.294 e. The molecule has 2 heteroatoms. The first-order valence-electron chi connectivity index (χ1n) is 5.41. The summed E-state index contributed by atoms with van der Waals surface area (Å²) in [4.78, 5) is 1.42. The third-order valence-electron chi connectivity index (χ3n) is 2.82. The van der Waals surface area contributed by atoms with E-state index in [9.17, 15) is 0 Å². The van der Waals surface area contributed by atoms with E-state index in [0.29, 0.717) is 6.04 Å². The van der Waals surface area contributed by atoms with Crippen molar-refractivity contribution in [2.45, 2.75) is 38.3 Å². The van der Waals surface area contributed by atoms with Crippen LogP contribution in [0.3, 0.4) is 0 Å². The normalized spacial score (nSPS) is 18.5. The van der Waals surface area contributed by atoms with Gasteiger partial charge in [-0.15, -0.1) is 17.8 Å². The number of hydrogen-bond donors (Lipinski definition) is 1. The van der Waals surface area contributed by atoms with Crippen molar-refractivity contribution >= 4 is 11.3 Å². The fourth-order valence-electron chi connectivity index (χ4n) is 1.75. The van der Waals surface area contributed by atoms with Gasteiger partial charge in [-0.2, -0.15) is 0 Å². The molecule has 80 valence electrons. The molecule has 1 unspecified atom stereocenters. The minimum absolute atomic E-state index is 0.211. The average molecular weight is 219 g/mol. The Labute approximate surface area is 95.9 Å². The van der Waals surface area contributed by atoms with Crippen LogP contribution in [0.1, 0.15) is 37.6 Å². The predicted molar refractivity (Wildman–Crippen MR) is 65.8 cm³/mol. The standard InChI is InChI=1S/C13H17NS/c1-4-13(2,3)14-12(10-7-8-10)11-6-5-9-15-11/h1,5-6,9-10,12,14H,7-8H2,2-3H3. The quantitative estimate of drug-likeness (QED) is 0.767. The lowest BCUT2D eigenvalue weighted by molar-refractivity contribution is 0.386. The molecule has 2 rings (SSSR count). The van der Waals surface area contributed by atoms with Crippen molar-refractivity contribution < 1.29 is 0 Å². The third kappa shape index (κ3) is 2.62. The van der Waals surface area contributed by atoms with Gasteiger partial charge in [0.05, 0.1) is 5.54 Å². The summed E-state index contributed by atoms with van der Waals surface area (Å²) in [5.74, 6) is 3.60. The monoisotopic (exact) mass is 219 g/mol.